The van der Waals surface area contributed by atoms with E-state index < -0.39 is 0 Å². The second kappa shape index (κ2) is 9.17. The number of allylic oxidation sites excluding steroid dienone is 1. The molecule has 0 bridgehead atoms. The lowest BCUT2D eigenvalue weighted by atomic mass is 9.97. The van der Waals surface area contributed by atoms with Crippen LogP contribution in [0.1, 0.15) is 44.4 Å². The van der Waals surface area contributed by atoms with Crippen molar-refractivity contribution in [3.05, 3.63) is 41.8 Å². The number of carbonyl (C=O) groups excluding carboxylic acids is 1. The number of amides is 1. The zero-order valence-electron chi connectivity index (χ0n) is 15.2. The van der Waals surface area contributed by atoms with Crippen molar-refractivity contribution < 1.29 is 13.9 Å². The predicted octanol–water partition coefficient (Wildman–Crippen LogP) is 3.68. The molecule has 0 fully saturated rings. The van der Waals surface area contributed by atoms with E-state index in [-0.39, 0.29) is 5.91 Å². The molecule has 0 atom stereocenters. The van der Waals surface area contributed by atoms with E-state index in [1.165, 1.54) is 31.3 Å². The summed E-state index contributed by atoms with van der Waals surface area (Å²) in [4.78, 5) is 12.0. The van der Waals surface area contributed by atoms with Crippen molar-refractivity contribution in [1.29, 1.82) is 0 Å². The van der Waals surface area contributed by atoms with Gasteiger partial charge in [0.05, 0.1) is 7.11 Å². The van der Waals surface area contributed by atoms with Gasteiger partial charge in [-0.2, -0.15) is 0 Å². The van der Waals surface area contributed by atoms with Gasteiger partial charge in [-0.15, -0.1) is 10.2 Å². The Labute approximate surface area is 153 Å². The molecule has 26 heavy (non-hydrogen) atoms. The lowest BCUT2D eigenvalue weighted by molar-refractivity contribution is -0.121. The van der Waals surface area contributed by atoms with E-state index in [4.69, 9.17) is 9.15 Å². The fraction of sp³-hybridized carbons (Fsp3) is 0.450. The van der Waals surface area contributed by atoms with E-state index in [1.807, 2.05) is 24.3 Å². The number of carbonyl (C=O) groups is 1. The van der Waals surface area contributed by atoms with Crippen molar-refractivity contribution in [3.8, 4) is 17.2 Å². The van der Waals surface area contributed by atoms with Gasteiger partial charge in [-0.25, -0.2) is 0 Å². The Hall–Kier alpha value is -2.63. The maximum absolute atomic E-state index is 12.0. The van der Waals surface area contributed by atoms with Gasteiger partial charge in [0.25, 0.3) is 0 Å². The molecule has 1 aliphatic carbocycles. The molecule has 1 aromatic carbocycles. The summed E-state index contributed by atoms with van der Waals surface area (Å²) in [5.41, 5.74) is 2.27. The maximum atomic E-state index is 12.0. The lowest BCUT2D eigenvalue weighted by Crippen LogP contribution is -2.25. The van der Waals surface area contributed by atoms with Crippen LogP contribution in [-0.4, -0.2) is 29.8 Å². The molecule has 0 saturated carbocycles. The Morgan fingerprint density at radius 2 is 2.19 bits per heavy atom. The summed E-state index contributed by atoms with van der Waals surface area (Å²) in [6.07, 6.45) is 8.95. The number of benzene rings is 1. The van der Waals surface area contributed by atoms with Gasteiger partial charge in [0.15, 0.2) is 0 Å². The summed E-state index contributed by atoms with van der Waals surface area (Å²) in [6, 6.07) is 7.44. The van der Waals surface area contributed by atoms with E-state index in [0.717, 1.165) is 17.7 Å². The minimum absolute atomic E-state index is 0.0162. The molecule has 0 spiro atoms. The van der Waals surface area contributed by atoms with Crippen LogP contribution in [0.25, 0.3) is 11.5 Å². The zero-order chi connectivity index (χ0) is 18.2. The lowest BCUT2D eigenvalue weighted by Gasteiger charge is -2.12. The zero-order valence-corrected chi connectivity index (χ0v) is 15.2. The quantitative estimate of drug-likeness (QED) is 0.731. The fourth-order valence-electron chi connectivity index (χ4n) is 3.03. The van der Waals surface area contributed by atoms with E-state index in [9.17, 15) is 4.79 Å². The van der Waals surface area contributed by atoms with Crippen molar-refractivity contribution in [2.45, 2.75) is 44.9 Å². The van der Waals surface area contributed by atoms with Crippen LogP contribution in [-0.2, 0) is 11.2 Å². The normalized spacial score (nSPS) is 14.0. The average molecular weight is 355 g/mol. The van der Waals surface area contributed by atoms with Gasteiger partial charge in [0, 0.05) is 24.9 Å². The summed E-state index contributed by atoms with van der Waals surface area (Å²) in [5, 5.41) is 11.0. The molecule has 1 aromatic heterocycles. The second-order valence-corrected chi connectivity index (χ2v) is 6.44. The van der Waals surface area contributed by atoms with Crippen LogP contribution < -0.4 is 10.1 Å². The molecule has 6 heteroatoms. The van der Waals surface area contributed by atoms with Crippen LogP contribution in [0.5, 0.6) is 5.75 Å². The number of nitrogens with one attached hydrogen (secondary N) is 1. The predicted molar refractivity (Wildman–Crippen MR) is 98.8 cm³/mol. The molecule has 1 amide bonds. The number of aromatic nitrogens is 2. The van der Waals surface area contributed by atoms with Gasteiger partial charge >= 0.3 is 0 Å². The molecular formula is C20H25N3O3. The first-order chi connectivity index (χ1) is 12.7. The highest BCUT2D eigenvalue weighted by Gasteiger charge is 2.11. The Kier molecular flexibility index (Phi) is 6.41. The maximum Gasteiger partial charge on any atom is 0.247 e. The number of hydrogen-bond donors (Lipinski definition) is 1. The summed E-state index contributed by atoms with van der Waals surface area (Å²) in [5.74, 6) is 1.65. The number of aryl methyl sites for hydroxylation is 1. The van der Waals surface area contributed by atoms with E-state index in [0.29, 0.717) is 31.2 Å². The molecule has 6 nitrogen and oxygen atoms in total. The number of hydrogen-bond acceptors (Lipinski definition) is 5. The highest BCUT2D eigenvalue weighted by molar-refractivity contribution is 5.76. The Morgan fingerprint density at radius 3 is 3.00 bits per heavy atom. The Morgan fingerprint density at radius 1 is 1.27 bits per heavy atom. The van der Waals surface area contributed by atoms with E-state index in [1.54, 1.807) is 7.11 Å². The second-order valence-electron chi connectivity index (χ2n) is 6.44. The van der Waals surface area contributed by atoms with Gasteiger partial charge in [0.1, 0.15) is 5.75 Å². The summed E-state index contributed by atoms with van der Waals surface area (Å²) < 4.78 is 10.8. The third-order valence-corrected chi connectivity index (χ3v) is 4.50. The molecule has 138 valence electrons. The molecule has 1 heterocycles. The van der Waals surface area contributed by atoms with Gasteiger partial charge in [-0.3, -0.25) is 4.79 Å². The largest absolute Gasteiger partial charge is 0.497 e. The Bertz CT molecular complexity index is 767. The highest BCUT2D eigenvalue weighted by Crippen LogP contribution is 2.23. The molecule has 0 aliphatic heterocycles. The van der Waals surface area contributed by atoms with Crippen LogP contribution in [0.3, 0.4) is 0 Å². The highest BCUT2D eigenvalue weighted by atomic mass is 16.5. The van der Waals surface area contributed by atoms with Crippen molar-refractivity contribution in [3.63, 3.8) is 0 Å². The van der Waals surface area contributed by atoms with Crippen molar-refractivity contribution in [2.24, 2.45) is 0 Å². The van der Waals surface area contributed by atoms with E-state index >= 15 is 0 Å². The first-order valence-electron chi connectivity index (χ1n) is 9.16. The summed E-state index contributed by atoms with van der Waals surface area (Å²) in [7, 11) is 1.61. The molecule has 1 N–H and O–H groups in total. The third-order valence-electron chi connectivity index (χ3n) is 4.50. The van der Waals surface area contributed by atoms with Crippen LogP contribution in [0.2, 0.25) is 0 Å². The van der Waals surface area contributed by atoms with Gasteiger partial charge < -0.3 is 14.5 Å². The first-order valence-corrected chi connectivity index (χ1v) is 9.16. The molecule has 2 aromatic rings. The SMILES string of the molecule is COc1cccc(-c2nnc(CCC(=O)NCCC3=CCCCC3)o2)c1. The molecule has 1 aliphatic rings. The summed E-state index contributed by atoms with van der Waals surface area (Å²) in [6.45, 7) is 0.698. The van der Waals surface area contributed by atoms with Crippen molar-refractivity contribution >= 4 is 5.91 Å². The summed E-state index contributed by atoms with van der Waals surface area (Å²) >= 11 is 0. The molecule has 0 unspecified atom stereocenters. The number of ether oxygens (including phenoxy) is 1. The van der Waals surface area contributed by atoms with Crippen molar-refractivity contribution in [2.75, 3.05) is 13.7 Å². The molecule has 3 rings (SSSR count). The van der Waals surface area contributed by atoms with E-state index in [2.05, 4.69) is 21.6 Å². The minimum Gasteiger partial charge on any atom is -0.497 e. The number of nitrogens with zero attached hydrogens (tertiary/aromatic N) is 2. The van der Waals surface area contributed by atoms with Gasteiger partial charge in [-0.05, 0) is 50.3 Å². The average Bonchev–Trinajstić information content (AvgIpc) is 3.16. The topological polar surface area (TPSA) is 77.2 Å². The smallest absolute Gasteiger partial charge is 0.247 e. The van der Waals surface area contributed by atoms with Gasteiger partial charge in [0.2, 0.25) is 17.7 Å². The third kappa shape index (κ3) is 5.18. The molecule has 0 saturated heterocycles. The van der Waals surface area contributed by atoms with Gasteiger partial charge in [-0.1, -0.05) is 17.7 Å². The van der Waals surface area contributed by atoms with Crippen LogP contribution in [0, 0.1) is 0 Å². The minimum atomic E-state index is 0.0162. The van der Waals surface area contributed by atoms with Crippen LogP contribution in [0.15, 0.2) is 40.3 Å². The monoisotopic (exact) mass is 355 g/mol. The molecular weight excluding hydrogens is 330 g/mol. The number of rotatable bonds is 8. The number of methoxy groups -OCH3 is 1. The van der Waals surface area contributed by atoms with Crippen LogP contribution in [0.4, 0.5) is 0 Å². The molecule has 0 radical (unpaired) electrons. The van der Waals surface area contributed by atoms with Crippen LogP contribution >= 0.6 is 0 Å². The standard InChI is InChI=1S/C20H25N3O3/c1-25-17-9-5-8-16(14-17)20-23-22-19(26-20)11-10-18(24)21-13-12-15-6-3-2-4-7-15/h5-6,8-9,14H,2-4,7,10-13H2,1H3,(H,21,24). The first kappa shape index (κ1) is 18.2. The Balaban J connectivity index is 1.44. The van der Waals surface area contributed by atoms with Crippen molar-refractivity contribution in [1.82, 2.24) is 15.5 Å². The fourth-order valence-corrected chi connectivity index (χ4v) is 3.03.